The smallest absolute Gasteiger partial charge is 0.350 e. The normalized spacial score (nSPS) is 19.9. The van der Waals surface area contributed by atoms with E-state index in [0.29, 0.717) is 11.0 Å². The zero-order chi connectivity index (χ0) is 22.5. The third kappa shape index (κ3) is 6.63. The molecule has 0 heterocycles. The number of hydrogen-bond donors (Lipinski definition) is 0. The van der Waals surface area contributed by atoms with Gasteiger partial charge in [-0.1, -0.05) is 6.08 Å². The Kier molecular flexibility index (Phi) is 8.60. The minimum atomic E-state index is -1.08. The number of thioether (sulfide) groups is 1. The highest BCUT2D eigenvalue weighted by Gasteiger charge is 2.33. The van der Waals surface area contributed by atoms with E-state index in [4.69, 9.17) is 9.47 Å². The molecule has 166 valence electrons. The molecular formula is C25H36O4S. The van der Waals surface area contributed by atoms with Gasteiger partial charge < -0.3 is 9.47 Å². The third-order valence-electron chi connectivity index (χ3n) is 5.52. The van der Waals surface area contributed by atoms with Gasteiger partial charge in [-0.05, 0) is 108 Å². The Labute approximate surface area is 185 Å². The van der Waals surface area contributed by atoms with Crippen LogP contribution in [0.1, 0.15) is 70.1 Å². The Morgan fingerprint density at radius 3 is 2.17 bits per heavy atom. The molecule has 5 heteroatoms. The highest BCUT2D eigenvalue weighted by atomic mass is 32.2. The summed E-state index contributed by atoms with van der Waals surface area (Å²) in [6.45, 7) is 11.0. The van der Waals surface area contributed by atoms with E-state index in [9.17, 15) is 9.59 Å². The topological polar surface area (TPSA) is 52.6 Å². The number of rotatable bonds is 8. The van der Waals surface area contributed by atoms with Crippen molar-refractivity contribution in [3.63, 3.8) is 0 Å². The summed E-state index contributed by atoms with van der Waals surface area (Å²) in [7, 11) is 0. The van der Waals surface area contributed by atoms with Crippen LogP contribution in [0.2, 0.25) is 0 Å². The maximum atomic E-state index is 12.6. The van der Waals surface area contributed by atoms with Gasteiger partial charge in [-0.15, -0.1) is 0 Å². The highest BCUT2D eigenvalue weighted by molar-refractivity contribution is 7.99. The first-order chi connectivity index (χ1) is 14.0. The van der Waals surface area contributed by atoms with E-state index in [2.05, 4.69) is 6.26 Å². The average molecular weight is 433 g/mol. The second-order valence-electron chi connectivity index (χ2n) is 9.00. The number of ketones is 1. The molecule has 30 heavy (non-hydrogen) atoms. The van der Waals surface area contributed by atoms with Crippen LogP contribution in [0.25, 0.3) is 6.08 Å². The fourth-order valence-electron chi connectivity index (χ4n) is 3.79. The van der Waals surface area contributed by atoms with Crippen molar-refractivity contribution in [3.8, 4) is 5.75 Å². The molecule has 1 aromatic rings. The van der Waals surface area contributed by atoms with Crippen molar-refractivity contribution in [2.45, 2.75) is 84.2 Å². The summed E-state index contributed by atoms with van der Waals surface area (Å²) >= 11 is 1.91. The molecular weight excluding hydrogens is 396 g/mol. The minimum absolute atomic E-state index is 0.155. The quantitative estimate of drug-likeness (QED) is 0.377. The van der Waals surface area contributed by atoms with Gasteiger partial charge in [0.05, 0.1) is 6.10 Å². The fraction of sp³-hybridized carbons (Fsp3) is 0.600. The largest absolute Gasteiger partial charge is 0.476 e. The van der Waals surface area contributed by atoms with Crippen molar-refractivity contribution in [1.29, 1.82) is 0 Å². The summed E-state index contributed by atoms with van der Waals surface area (Å²) in [5.41, 5.74) is 1.73. The van der Waals surface area contributed by atoms with Crippen LogP contribution in [0.5, 0.6) is 5.75 Å². The van der Waals surface area contributed by atoms with E-state index in [-0.39, 0.29) is 23.8 Å². The van der Waals surface area contributed by atoms with E-state index in [1.54, 1.807) is 19.9 Å². The van der Waals surface area contributed by atoms with Crippen LogP contribution in [-0.4, -0.2) is 35.0 Å². The van der Waals surface area contributed by atoms with Gasteiger partial charge in [0.1, 0.15) is 5.75 Å². The fourth-order valence-corrected chi connectivity index (χ4v) is 4.53. The molecule has 1 aliphatic carbocycles. The number of ether oxygens (including phenoxy) is 2. The number of aryl methyl sites for hydroxylation is 2. The van der Waals surface area contributed by atoms with Crippen molar-refractivity contribution < 1.29 is 19.1 Å². The molecule has 0 N–H and O–H groups in total. The molecule has 0 spiro atoms. The van der Waals surface area contributed by atoms with Crippen molar-refractivity contribution in [2.24, 2.45) is 5.92 Å². The Morgan fingerprint density at radius 2 is 1.67 bits per heavy atom. The van der Waals surface area contributed by atoms with Crippen LogP contribution in [0.3, 0.4) is 0 Å². The van der Waals surface area contributed by atoms with E-state index < -0.39 is 5.60 Å². The molecule has 1 aliphatic rings. The predicted molar refractivity (Wildman–Crippen MR) is 125 cm³/mol. The maximum Gasteiger partial charge on any atom is 0.350 e. The number of carbonyl (C=O) groups is 2. The average Bonchev–Trinajstić information content (AvgIpc) is 2.68. The summed E-state index contributed by atoms with van der Waals surface area (Å²) < 4.78 is 11.4. The van der Waals surface area contributed by atoms with E-state index in [0.717, 1.165) is 42.4 Å². The van der Waals surface area contributed by atoms with Crippen LogP contribution in [-0.2, 0) is 14.3 Å². The van der Waals surface area contributed by atoms with Gasteiger partial charge in [-0.25, -0.2) is 4.79 Å². The van der Waals surface area contributed by atoms with Gasteiger partial charge in [0.2, 0.25) is 0 Å². The Bertz CT molecular complexity index is 763. The first-order valence-corrected chi connectivity index (χ1v) is 12.1. The Balaban J connectivity index is 2.08. The zero-order valence-electron chi connectivity index (χ0n) is 19.4. The predicted octanol–water partition coefficient (Wildman–Crippen LogP) is 5.92. The summed E-state index contributed by atoms with van der Waals surface area (Å²) in [5.74, 6) is 0.673. The van der Waals surface area contributed by atoms with E-state index in [1.165, 1.54) is 0 Å². The molecule has 1 fully saturated rings. The van der Waals surface area contributed by atoms with Crippen LogP contribution in [0.15, 0.2) is 18.2 Å². The van der Waals surface area contributed by atoms with Gasteiger partial charge >= 0.3 is 5.97 Å². The third-order valence-corrected chi connectivity index (χ3v) is 6.66. The standard InChI is InChI=1S/C25H36O4S/c1-16(2)28-24(27)25(5,6)29-23-17(3)14-19(15-18(23)4)8-13-22(26)20-9-11-21(30-7)12-10-20/h8,13-16,20-21H,9-12H2,1-7H3/b13-8+. The lowest BCUT2D eigenvalue weighted by molar-refractivity contribution is -0.163. The molecule has 0 aromatic heterocycles. The summed E-state index contributed by atoms with van der Waals surface area (Å²) in [6.07, 6.45) is 9.81. The second kappa shape index (κ2) is 10.5. The monoisotopic (exact) mass is 432 g/mol. The van der Waals surface area contributed by atoms with Gasteiger partial charge in [-0.3, -0.25) is 4.79 Å². The molecule has 0 aliphatic heterocycles. The minimum Gasteiger partial charge on any atom is -0.476 e. The van der Waals surface area contributed by atoms with Crippen molar-refractivity contribution in [2.75, 3.05) is 6.26 Å². The molecule has 2 rings (SSSR count). The molecule has 0 saturated heterocycles. The molecule has 4 nitrogen and oxygen atoms in total. The SMILES string of the molecule is CSC1CCC(C(=O)/C=C/c2cc(C)c(OC(C)(C)C(=O)OC(C)C)c(C)c2)CC1. The molecule has 0 amide bonds. The van der Waals surface area contributed by atoms with Crippen LogP contribution >= 0.6 is 11.8 Å². The Hall–Kier alpha value is -1.75. The number of carbonyl (C=O) groups excluding carboxylic acids is 2. The van der Waals surface area contributed by atoms with Crippen molar-refractivity contribution >= 4 is 29.6 Å². The van der Waals surface area contributed by atoms with Crippen molar-refractivity contribution in [3.05, 3.63) is 34.9 Å². The van der Waals surface area contributed by atoms with Gasteiger partial charge in [0, 0.05) is 11.2 Å². The number of allylic oxidation sites excluding steroid dienone is 1. The molecule has 0 bridgehead atoms. The molecule has 0 atom stereocenters. The lowest BCUT2D eigenvalue weighted by Crippen LogP contribution is -2.41. The molecule has 1 aromatic carbocycles. The molecule has 0 radical (unpaired) electrons. The molecule has 1 saturated carbocycles. The van der Waals surface area contributed by atoms with Gasteiger partial charge in [0.25, 0.3) is 0 Å². The van der Waals surface area contributed by atoms with Crippen LogP contribution in [0.4, 0.5) is 0 Å². The lowest BCUT2D eigenvalue weighted by atomic mass is 9.85. The number of esters is 1. The second-order valence-corrected chi connectivity index (χ2v) is 10.1. The summed E-state index contributed by atoms with van der Waals surface area (Å²) in [6, 6.07) is 3.97. The van der Waals surface area contributed by atoms with Crippen molar-refractivity contribution in [1.82, 2.24) is 0 Å². The first kappa shape index (κ1) is 24.5. The van der Waals surface area contributed by atoms with E-state index in [1.807, 2.05) is 57.7 Å². The first-order valence-electron chi connectivity index (χ1n) is 10.8. The highest BCUT2D eigenvalue weighted by Crippen LogP contribution is 2.32. The number of hydrogen-bond acceptors (Lipinski definition) is 5. The number of benzene rings is 1. The van der Waals surface area contributed by atoms with Gasteiger partial charge in [0.15, 0.2) is 11.4 Å². The van der Waals surface area contributed by atoms with Crippen LogP contribution in [0, 0.1) is 19.8 Å². The zero-order valence-corrected chi connectivity index (χ0v) is 20.2. The summed E-state index contributed by atoms with van der Waals surface area (Å²) in [4.78, 5) is 24.9. The van der Waals surface area contributed by atoms with Crippen LogP contribution < -0.4 is 4.74 Å². The molecule has 0 unspecified atom stereocenters. The Morgan fingerprint density at radius 1 is 1.10 bits per heavy atom. The maximum absolute atomic E-state index is 12.6. The lowest BCUT2D eigenvalue weighted by Gasteiger charge is -2.27. The van der Waals surface area contributed by atoms with Gasteiger partial charge in [-0.2, -0.15) is 11.8 Å². The summed E-state index contributed by atoms with van der Waals surface area (Å²) in [5, 5.41) is 0.706. The van der Waals surface area contributed by atoms with E-state index >= 15 is 0 Å².